The van der Waals surface area contributed by atoms with Gasteiger partial charge in [-0.15, -0.1) is 0 Å². The zero-order valence-electron chi connectivity index (χ0n) is 11.4. The van der Waals surface area contributed by atoms with Crippen LogP contribution in [0, 0.1) is 0 Å². The maximum Gasteiger partial charge on any atom is 0.0494 e. The van der Waals surface area contributed by atoms with Gasteiger partial charge in [-0.05, 0) is 41.7 Å². The molecule has 3 aromatic rings. The Bertz CT molecular complexity index is 820. The minimum absolute atomic E-state index is 0.628. The molecule has 0 bridgehead atoms. The average Bonchev–Trinajstić information content (AvgIpc) is 2.72. The van der Waals surface area contributed by atoms with Crippen molar-refractivity contribution in [2.75, 3.05) is 0 Å². The van der Waals surface area contributed by atoms with E-state index in [-0.39, 0.29) is 0 Å². The normalized spacial score (nSPS) is 18.1. The van der Waals surface area contributed by atoms with Gasteiger partial charge in [0.1, 0.15) is 0 Å². The second kappa shape index (κ2) is 3.74. The molecular weight excluding hydrogens is 230 g/mol. The predicted octanol–water partition coefficient (Wildman–Crippen LogP) is 4.85. The molecule has 0 saturated carbocycles. The number of rotatable bonds is 0. The van der Waals surface area contributed by atoms with Crippen molar-refractivity contribution >= 4 is 27.9 Å². The Labute approximate surface area is 113 Å². The number of para-hydroxylation sites is 1. The minimum Gasteiger partial charge on any atom is -0.344 e. The quantitative estimate of drug-likeness (QED) is 0.535. The standard InChI is InChI=1S/C18H17N/c1-12-6-5-7-13-10-18-16(11-15(12)13)14-8-3-4-9-17(14)19(18)2/h3-5,7-12H,6H2,1-2H3. The number of allylic oxidation sites excluding steroid dienone is 1. The molecule has 0 N–H and O–H groups in total. The second-order valence-electron chi connectivity index (χ2n) is 5.61. The summed E-state index contributed by atoms with van der Waals surface area (Å²) in [6.07, 6.45) is 5.72. The first kappa shape index (κ1) is 10.9. The van der Waals surface area contributed by atoms with Crippen molar-refractivity contribution < 1.29 is 0 Å². The number of hydrogen-bond donors (Lipinski definition) is 0. The van der Waals surface area contributed by atoms with E-state index in [9.17, 15) is 0 Å². The molecule has 4 rings (SSSR count). The second-order valence-corrected chi connectivity index (χ2v) is 5.61. The predicted molar refractivity (Wildman–Crippen MR) is 82.5 cm³/mol. The molecular formula is C18H17N. The lowest BCUT2D eigenvalue weighted by Crippen LogP contribution is -2.00. The molecule has 0 radical (unpaired) electrons. The van der Waals surface area contributed by atoms with Crippen molar-refractivity contribution in [3.8, 4) is 0 Å². The van der Waals surface area contributed by atoms with Crippen LogP contribution < -0.4 is 0 Å². The van der Waals surface area contributed by atoms with Crippen LogP contribution in [0.25, 0.3) is 27.9 Å². The van der Waals surface area contributed by atoms with Crippen LogP contribution in [0.5, 0.6) is 0 Å². The Kier molecular flexibility index (Phi) is 2.14. The zero-order valence-corrected chi connectivity index (χ0v) is 11.4. The number of aromatic nitrogens is 1. The number of aryl methyl sites for hydroxylation is 1. The van der Waals surface area contributed by atoms with E-state index in [2.05, 4.69) is 67.1 Å². The molecule has 0 spiro atoms. The Morgan fingerprint density at radius 1 is 1.05 bits per heavy atom. The van der Waals surface area contributed by atoms with Gasteiger partial charge in [0.15, 0.2) is 0 Å². The van der Waals surface area contributed by atoms with Gasteiger partial charge in [0.2, 0.25) is 0 Å². The maximum absolute atomic E-state index is 2.40. The van der Waals surface area contributed by atoms with Crippen LogP contribution in [-0.2, 0) is 7.05 Å². The first-order valence-corrected chi connectivity index (χ1v) is 6.93. The fraction of sp³-hybridized carbons (Fsp3) is 0.222. The van der Waals surface area contributed by atoms with Gasteiger partial charge in [-0.2, -0.15) is 0 Å². The average molecular weight is 247 g/mol. The molecule has 1 unspecified atom stereocenters. The highest BCUT2D eigenvalue weighted by Gasteiger charge is 2.16. The van der Waals surface area contributed by atoms with Crippen LogP contribution in [0.3, 0.4) is 0 Å². The summed E-state index contributed by atoms with van der Waals surface area (Å²) in [6.45, 7) is 2.32. The fourth-order valence-electron chi connectivity index (χ4n) is 3.34. The Morgan fingerprint density at radius 2 is 1.89 bits per heavy atom. The molecule has 1 heterocycles. The minimum atomic E-state index is 0.628. The summed E-state index contributed by atoms with van der Waals surface area (Å²) in [5.74, 6) is 0.628. The first-order valence-electron chi connectivity index (χ1n) is 6.93. The van der Waals surface area contributed by atoms with Crippen molar-refractivity contribution in [1.29, 1.82) is 0 Å². The van der Waals surface area contributed by atoms with Gasteiger partial charge < -0.3 is 4.57 Å². The third-order valence-electron chi connectivity index (χ3n) is 4.44. The van der Waals surface area contributed by atoms with Crippen molar-refractivity contribution in [2.24, 2.45) is 7.05 Å². The van der Waals surface area contributed by atoms with Crippen molar-refractivity contribution in [2.45, 2.75) is 19.3 Å². The third kappa shape index (κ3) is 1.42. The summed E-state index contributed by atoms with van der Waals surface area (Å²) in [4.78, 5) is 0. The molecule has 0 amide bonds. The number of hydrogen-bond acceptors (Lipinski definition) is 0. The number of nitrogens with zero attached hydrogens (tertiary/aromatic N) is 1. The lowest BCUT2D eigenvalue weighted by atomic mass is 9.87. The van der Waals surface area contributed by atoms with Crippen molar-refractivity contribution in [3.63, 3.8) is 0 Å². The van der Waals surface area contributed by atoms with Crippen molar-refractivity contribution in [1.82, 2.24) is 4.57 Å². The van der Waals surface area contributed by atoms with Gasteiger partial charge in [0, 0.05) is 28.9 Å². The van der Waals surface area contributed by atoms with Gasteiger partial charge in [0.25, 0.3) is 0 Å². The highest BCUT2D eigenvalue weighted by molar-refractivity contribution is 6.08. The van der Waals surface area contributed by atoms with E-state index in [1.807, 2.05) is 0 Å². The summed E-state index contributed by atoms with van der Waals surface area (Å²) >= 11 is 0. The Hall–Kier alpha value is -2.02. The molecule has 1 aromatic heterocycles. The maximum atomic E-state index is 2.40. The molecule has 1 atom stereocenters. The van der Waals surface area contributed by atoms with Gasteiger partial charge in [-0.1, -0.05) is 37.3 Å². The molecule has 0 aliphatic heterocycles. The van der Waals surface area contributed by atoms with Gasteiger partial charge in [0.05, 0.1) is 0 Å². The molecule has 19 heavy (non-hydrogen) atoms. The zero-order chi connectivity index (χ0) is 13.0. The summed E-state index contributed by atoms with van der Waals surface area (Å²) < 4.78 is 2.30. The van der Waals surface area contributed by atoms with Crippen LogP contribution in [0.15, 0.2) is 42.5 Å². The molecule has 0 fully saturated rings. The van der Waals surface area contributed by atoms with Crippen LogP contribution in [-0.4, -0.2) is 4.57 Å². The van der Waals surface area contributed by atoms with Crippen molar-refractivity contribution in [3.05, 3.63) is 53.6 Å². The molecule has 0 saturated heterocycles. The molecule has 94 valence electrons. The van der Waals surface area contributed by atoms with Crippen LogP contribution >= 0.6 is 0 Å². The smallest absolute Gasteiger partial charge is 0.0494 e. The molecule has 1 aliphatic carbocycles. The fourth-order valence-corrected chi connectivity index (χ4v) is 3.34. The molecule has 1 heteroatoms. The monoisotopic (exact) mass is 247 g/mol. The summed E-state index contributed by atoms with van der Waals surface area (Å²) in [6, 6.07) is 13.4. The SMILES string of the molecule is CC1CC=Cc2cc3c(cc21)c1ccccc1n3C. The van der Waals surface area contributed by atoms with Gasteiger partial charge in [-0.3, -0.25) is 0 Å². The van der Waals surface area contributed by atoms with E-state index in [1.165, 1.54) is 32.9 Å². The van der Waals surface area contributed by atoms with E-state index >= 15 is 0 Å². The molecule has 1 aliphatic rings. The topological polar surface area (TPSA) is 4.93 Å². The first-order chi connectivity index (χ1) is 9.25. The van der Waals surface area contributed by atoms with Gasteiger partial charge in [-0.25, -0.2) is 0 Å². The number of fused-ring (bicyclic) bond motifs is 4. The third-order valence-corrected chi connectivity index (χ3v) is 4.44. The van der Waals surface area contributed by atoms with E-state index in [0.717, 1.165) is 6.42 Å². The summed E-state index contributed by atoms with van der Waals surface area (Å²) in [5, 5.41) is 2.75. The lowest BCUT2D eigenvalue weighted by Gasteiger charge is -2.18. The van der Waals surface area contributed by atoms with Crippen LogP contribution in [0.2, 0.25) is 0 Å². The Morgan fingerprint density at radius 3 is 2.79 bits per heavy atom. The highest BCUT2D eigenvalue weighted by Crippen LogP contribution is 2.36. The summed E-state index contributed by atoms with van der Waals surface area (Å²) in [7, 11) is 2.16. The van der Waals surface area contributed by atoms with E-state index in [0.29, 0.717) is 5.92 Å². The van der Waals surface area contributed by atoms with E-state index < -0.39 is 0 Å². The largest absolute Gasteiger partial charge is 0.344 e. The molecule has 2 aromatic carbocycles. The lowest BCUT2D eigenvalue weighted by molar-refractivity contribution is 0.773. The molecule has 1 nitrogen and oxygen atoms in total. The van der Waals surface area contributed by atoms with Crippen LogP contribution in [0.1, 0.15) is 30.4 Å². The van der Waals surface area contributed by atoms with E-state index in [1.54, 1.807) is 0 Å². The Balaban J connectivity index is 2.19. The highest BCUT2D eigenvalue weighted by atomic mass is 14.9. The van der Waals surface area contributed by atoms with Gasteiger partial charge >= 0.3 is 0 Å². The van der Waals surface area contributed by atoms with E-state index in [4.69, 9.17) is 0 Å². The number of benzene rings is 2. The summed E-state index contributed by atoms with van der Waals surface area (Å²) in [5.41, 5.74) is 5.53. The van der Waals surface area contributed by atoms with Crippen LogP contribution in [0.4, 0.5) is 0 Å².